The maximum absolute atomic E-state index is 12.6. The molecular weight excluding hydrogens is 360 g/mol. The lowest BCUT2D eigenvalue weighted by molar-refractivity contribution is 0.0973. The zero-order valence-corrected chi connectivity index (χ0v) is 16.6. The minimum Gasteiger partial charge on any atom is -0.497 e. The monoisotopic (exact) mass is 386 g/mol. The predicted molar refractivity (Wildman–Crippen MR) is 113 cm³/mol. The van der Waals surface area contributed by atoms with E-state index in [0.29, 0.717) is 23.7 Å². The Balaban J connectivity index is 1.93. The third kappa shape index (κ3) is 6.90. The summed E-state index contributed by atoms with van der Waals surface area (Å²) in [6.07, 6.45) is 4.46. The number of thiocarbonyl (C=S) groups is 1. The number of hydrogen-bond acceptors (Lipinski definition) is 4. The van der Waals surface area contributed by atoms with E-state index < -0.39 is 0 Å². The van der Waals surface area contributed by atoms with Gasteiger partial charge >= 0.3 is 0 Å². The molecule has 2 rings (SSSR count). The van der Waals surface area contributed by atoms with Crippen LogP contribution in [-0.2, 0) is 0 Å². The molecule has 0 saturated carbocycles. The number of carbonyl (C=O) groups excluding carboxylic acids is 1. The maximum atomic E-state index is 12.6. The standard InChI is InChI=1S/C21H26N2O3S/c1-3-4-5-8-14-26-19-13-7-6-12-18(19)20(24)23-21(27)22-16-10-9-11-17(15-16)25-2/h6-7,9-13,15H,3-5,8,14H2,1-2H3,(H2,22,23,24,27). The van der Waals surface area contributed by atoms with Gasteiger partial charge in [-0.3, -0.25) is 10.1 Å². The van der Waals surface area contributed by atoms with Crippen LogP contribution in [-0.4, -0.2) is 24.7 Å². The minimum atomic E-state index is -0.306. The van der Waals surface area contributed by atoms with Crippen LogP contribution in [0, 0.1) is 0 Å². The predicted octanol–water partition coefficient (Wildman–Crippen LogP) is 4.78. The summed E-state index contributed by atoms with van der Waals surface area (Å²) >= 11 is 5.25. The number of para-hydroxylation sites is 1. The summed E-state index contributed by atoms with van der Waals surface area (Å²) in [7, 11) is 1.60. The molecule has 2 aromatic rings. The van der Waals surface area contributed by atoms with Crippen molar-refractivity contribution in [3.05, 3.63) is 54.1 Å². The first-order valence-electron chi connectivity index (χ1n) is 9.12. The largest absolute Gasteiger partial charge is 0.497 e. The highest BCUT2D eigenvalue weighted by Crippen LogP contribution is 2.19. The number of nitrogens with one attached hydrogen (secondary N) is 2. The van der Waals surface area contributed by atoms with E-state index in [1.807, 2.05) is 24.3 Å². The van der Waals surface area contributed by atoms with Gasteiger partial charge in [0.05, 0.1) is 19.3 Å². The molecule has 27 heavy (non-hydrogen) atoms. The van der Waals surface area contributed by atoms with E-state index in [1.54, 1.807) is 31.4 Å². The van der Waals surface area contributed by atoms with Crippen molar-refractivity contribution in [2.24, 2.45) is 0 Å². The molecule has 0 radical (unpaired) electrons. The van der Waals surface area contributed by atoms with Crippen LogP contribution in [0.25, 0.3) is 0 Å². The molecule has 0 aliphatic carbocycles. The lowest BCUT2D eigenvalue weighted by Gasteiger charge is -2.13. The smallest absolute Gasteiger partial charge is 0.261 e. The van der Waals surface area contributed by atoms with Crippen LogP contribution < -0.4 is 20.1 Å². The zero-order valence-electron chi connectivity index (χ0n) is 15.8. The number of anilines is 1. The molecule has 0 heterocycles. The molecule has 0 spiro atoms. The van der Waals surface area contributed by atoms with Gasteiger partial charge in [0, 0.05) is 11.8 Å². The van der Waals surface area contributed by atoms with Gasteiger partial charge in [-0.2, -0.15) is 0 Å². The number of benzene rings is 2. The number of rotatable bonds is 9. The molecule has 0 saturated heterocycles. The number of ether oxygens (including phenoxy) is 2. The van der Waals surface area contributed by atoms with Gasteiger partial charge in [-0.15, -0.1) is 0 Å². The molecule has 2 aromatic carbocycles. The van der Waals surface area contributed by atoms with Crippen molar-refractivity contribution in [1.29, 1.82) is 0 Å². The van der Waals surface area contributed by atoms with Gasteiger partial charge in [0.1, 0.15) is 11.5 Å². The Morgan fingerprint density at radius 1 is 1.07 bits per heavy atom. The molecule has 6 heteroatoms. The molecule has 1 amide bonds. The first-order valence-corrected chi connectivity index (χ1v) is 9.53. The van der Waals surface area contributed by atoms with Crippen LogP contribution in [0.2, 0.25) is 0 Å². The van der Waals surface area contributed by atoms with Crippen LogP contribution in [0.4, 0.5) is 5.69 Å². The van der Waals surface area contributed by atoms with Crippen molar-refractivity contribution < 1.29 is 14.3 Å². The first kappa shape index (κ1) is 20.7. The fourth-order valence-corrected chi connectivity index (χ4v) is 2.74. The first-order chi connectivity index (χ1) is 13.1. The van der Waals surface area contributed by atoms with Gasteiger partial charge in [0.15, 0.2) is 5.11 Å². The molecule has 0 aromatic heterocycles. The Kier molecular flexibility index (Phi) is 8.58. The van der Waals surface area contributed by atoms with Gasteiger partial charge in [0.2, 0.25) is 0 Å². The second-order valence-electron chi connectivity index (χ2n) is 6.05. The molecule has 0 fully saturated rings. The highest BCUT2D eigenvalue weighted by molar-refractivity contribution is 7.80. The molecule has 0 aliphatic rings. The van der Waals surface area contributed by atoms with E-state index >= 15 is 0 Å². The molecule has 144 valence electrons. The summed E-state index contributed by atoms with van der Waals surface area (Å²) in [4.78, 5) is 12.6. The second kappa shape index (κ2) is 11.2. The van der Waals surface area contributed by atoms with Crippen LogP contribution in [0.15, 0.2) is 48.5 Å². The average molecular weight is 387 g/mol. The SMILES string of the molecule is CCCCCCOc1ccccc1C(=O)NC(=S)Nc1cccc(OC)c1. The zero-order chi connectivity index (χ0) is 19.5. The van der Waals surface area contributed by atoms with Crippen molar-refractivity contribution in [2.45, 2.75) is 32.6 Å². The topological polar surface area (TPSA) is 59.6 Å². The third-order valence-electron chi connectivity index (χ3n) is 3.94. The van der Waals surface area contributed by atoms with Crippen molar-refractivity contribution in [3.63, 3.8) is 0 Å². The Bertz CT molecular complexity index is 765. The highest BCUT2D eigenvalue weighted by Gasteiger charge is 2.13. The average Bonchev–Trinajstić information content (AvgIpc) is 2.68. The van der Waals surface area contributed by atoms with Crippen molar-refractivity contribution in [2.75, 3.05) is 19.0 Å². The summed E-state index contributed by atoms with van der Waals surface area (Å²) in [6.45, 7) is 2.76. The van der Waals surface area contributed by atoms with Crippen LogP contribution in [0.3, 0.4) is 0 Å². The second-order valence-corrected chi connectivity index (χ2v) is 6.45. The maximum Gasteiger partial charge on any atom is 0.261 e. The fourth-order valence-electron chi connectivity index (χ4n) is 2.52. The third-order valence-corrected chi connectivity index (χ3v) is 4.15. The number of carbonyl (C=O) groups is 1. The van der Waals surface area contributed by atoms with E-state index in [9.17, 15) is 4.79 Å². The van der Waals surface area contributed by atoms with E-state index in [2.05, 4.69) is 17.6 Å². The Hall–Kier alpha value is -2.60. The van der Waals surface area contributed by atoms with Gasteiger partial charge < -0.3 is 14.8 Å². The molecule has 0 atom stereocenters. The molecule has 0 aliphatic heterocycles. The van der Waals surface area contributed by atoms with Crippen LogP contribution in [0.5, 0.6) is 11.5 Å². The summed E-state index contributed by atoms with van der Waals surface area (Å²) in [5, 5.41) is 5.89. The van der Waals surface area contributed by atoms with E-state index in [0.717, 1.165) is 18.5 Å². The van der Waals surface area contributed by atoms with Gasteiger partial charge in [-0.25, -0.2) is 0 Å². The van der Waals surface area contributed by atoms with Gasteiger partial charge in [-0.1, -0.05) is 44.4 Å². The minimum absolute atomic E-state index is 0.214. The summed E-state index contributed by atoms with van der Waals surface area (Å²) < 4.78 is 11.0. The number of methoxy groups -OCH3 is 1. The molecular formula is C21H26N2O3S. The molecule has 0 bridgehead atoms. The highest BCUT2D eigenvalue weighted by atomic mass is 32.1. The summed E-state index contributed by atoms with van der Waals surface area (Å²) in [5.74, 6) is 0.964. The van der Waals surface area contributed by atoms with Gasteiger partial charge in [0.25, 0.3) is 5.91 Å². The summed E-state index contributed by atoms with van der Waals surface area (Å²) in [6, 6.07) is 14.5. The summed E-state index contributed by atoms with van der Waals surface area (Å²) in [5.41, 5.74) is 1.20. The van der Waals surface area contributed by atoms with Crippen molar-refractivity contribution in [1.82, 2.24) is 5.32 Å². The Morgan fingerprint density at radius 2 is 1.89 bits per heavy atom. The molecule has 5 nitrogen and oxygen atoms in total. The normalized spacial score (nSPS) is 10.1. The van der Waals surface area contributed by atoms with Crippen LogP contribution in [0.1, 0.15) is 43.0 Å². The number of unbranched alkanes of at least 4 members (excludes halogenated alkanes) is 3. The number of amides is 1. The van der Waals surface area contributed by atoms with E-state index in [1.165, 1.54) is 12.8 Å². The van der Waals surface area contributed by atoms with Crippen molar-refractivity contribution in [3.8, 4) is 11.5 Å². The fraction of sp³-hybridized carbons (Fsp3) is 0.333. The Labute approximate surface area is 166 Å². The number of hydrogen-bond donors (Lipinski definition) is 2. The van der Waals surface area contributed by atoms with Gasteiger partial charge in [-0.05, 0) is 42.9 Å². The van der Waals surface area contributed by atoms with E-state index in [-0.39, 0.29) is 11.0 Å². The Morgan fingerprint density at radius 3 is 2.67 bits per heavy atom. The lowest BCUT2D eigenvalue weighted by atomic mass is 10.2. The quantitative estimate of drug-likeness (QED) is 0.480. The van der Waals surface area contributed by atoms with Crippen molar-refractivity contribution >= 4 is 28.9 Å². The lowest BCUT2D eigenvalue weighted by Crippen LogP contribution is -2.34. The molecule has 2 N–H and O–H groups in total. The van der Waals surface area contributed by atoms with E-state index in [4.69, 9.17) is 21.7 Å². The molecule has 0 unspecified atom stereocenters. The van der Waals surface area contributed by atoms with Crippen LogP contribution >= 0.6 is 12.2 Å².